The molecule has 3 rings (SSSR count). The molecule has 6 nitrogen and oxygen atoms in total. The van der Waals surface area contributed by atoms with E-state index in [9.17, 15) is 4.79 Å². The van der Waals surface area contributed by atoms with E-state index in [-0.39, 0.29) is 5.91 Å². The zero-order valence-electron chi connectivity index (χ0n) is 13.5. The molecular weight excluding hydrogens is 342 g/mol. The van der Waals surface area contributed by atoms with Crippen molar-refractivity contribution in [3.63, 3.8) is 0 Å². The van der Waals surface area contributed by atoms with Crippen LogP contribution in [-0.2, 0) is 6.42 Å². The van der Waals surface area contributed by atoms with Crippen LogP contribution in [-0.4, -0.2) is 29.8 Å². The third-order valence-corrected chi connectivity index (χ3v) is 3.88. The SMILES string of the molecule is COc1ccccc1C(=O)NCCc1nnc(-c2ccccc2Cl)o1. The quantitative estimate of drug-likeness (QED) is 0.731. The van der Waals surface area contributed by atoms with Crippen molar-refractivity contribution in [1.29, 1.82) is 0 Å². The van der Waals surface area contributed by atoms with Crippen molar-refractivity contribution in [1.82, 2.24) is 15.5 Å². The molecule has 1 aromatic heterocycles. The summed E-state index contributed by atoms with van der Waals surface area (Å²) >= 11 is 6.11. The predicted octanol–water partition coefficient (Wildman–Crippen LogP) is 3.37. The molecule has 0 aliphatic carbocycles. The number of carbonyl (C=O) groups is 1. The molecule has 1 amide bonds. The van der Waals surface area contributed by atoms with Crippen molar-refractivity contribution < 1.29 is 13.9 Å². The largest absolute Gasteiger partial charge is 0.496 e. The zero-order valence-corrected chi connectivity index (χ0v) is 14.3. The Morgan fingerprint density at radius 2 is 1.92 bits per heavy atom. The lowest BCUT2D eigenvalue weighted by Gasteiger charge is -2.08. The van der Waals surface area contributed by atoms with E-state index in [2.05, 4.69) is 15.5 Å². The Balaban J connectivity index is 1.60. The average Bonchev–Trinajstić information content (AvgIpc) is 3.10. The first-order chi connectivity index (χ1) is 12.2. The predicted molar refractivity (Wildman–Crippen MR) is 93.8 cm³/mol. The fraction of sp³-hybridized carbons (Fsp3) is 0.167. The molecule has 0 bridgehead atoms. The average molecular weight is 358 g/mol. The van der Waals surface area contributed by atoms with Crippen molar-refractivity contribution in [2.75, 3.05) is 13.7 Å². The molecule has 25 heavy (non-hydrogen) atoms. The maximum Gasteiger partial charge on any atom is 0.255 e. The van der Waals surface area contributed by atoms with Gasteiger partial charge in [-0.15, -0.1) is 10.2 Å². The molecule has 0 fully saturated rings. The normalized spacial score (nSPS) is 10.5. The number of nitrogens with one attached hydrogen (secondary N) is 1. The second-order valence-electron chi connectivity index (χ2n) is 5.19. The third-order valence-electron chi connectivity index (χ3n) is 3.55. The summed E-state index contributed by atoms with van der Waals surface area (Å²) < 4.78 is 10.8. The molecule has 1 N–H and O–H groups in total. The number of hydrogen-bond donors (Lipinski definition) is 1. The van der Waals surface area contributed by atoms with Gasteiger partial charge in [-0.05, 0) is 24.3 Å². The number of carbonyl (C=O) groups excluding carboxylic acids is 1. The maximum atomic E-state index is 12.2. The van der Waals surface area contributed by atoms with E-state index >= 15 is 0 Å². The van der Waals surface area contributed by atoms with Crippen molar-refractivity contribution in [3.05, 3.63) is 65.0 Å². The molecule has 0 spiro atoms. The smallest absolute Gasteiger partial charge is 0.255 e. The van der Waals surface area contributed by atoms with Crippen LogP contribution in [0, 0.1) is 0 Å². The number of halogens is 1. The van der Waals surface area contributed by atoms with Crippen LogP contribution in [0.1, 0.15) is 16.2 Å². The van der Waals surface area contributed by atoms with Crippen LogP contribution in [0.25, 0.3) is 11.5 Å². The van der Waals surface area contributed by atoms with Crippen LogP contribution in [0.2, 0.25) is 5.02 Å². The minimum atomic E-state index is -0.219. The summed E-state index contributed by atoms with van der Waals surface area (Å²) in [6, 6.07) is 14.3. The minimum Gasteiger partial charge on any atom is -0.496 e. The first-order valence-corrected chi connectivity index (χ1v) is 8.05. The fourth-order valence-corrected chi connectivity index (χ4v) is 2.53. The lowest BCUT2D eigenvalue weighted by Crippen LogP contribution is -2.26. The summed E-state index contributed by atoms with van der Waals surface area (Å²) in [5.41, 5.74) is 1.16. The lowest BCUT2D eigenvalue weighted by molar-refractivity contribution is 0.0950. The molecule has 3 aromatic rings. The molecule has 0 atom stereocenters. The van der Waals surface area contributed by atoms with E-state index in [1.165, 1.54) is 7.11 Å². The lowest BCUT2D eigenvalue weighted by atomic mass is 10.2. The van der Waals surface area contributed by atoms with Gasteiger partial charge in [-0.25, -0.2) is 0 Å². The molecule has 0 saturated heterocycles. The number of para-hydroxylation sites is 1. The van der Waals surface area contributed by atoms with E-state index in [4.69, 9.17) is 20.8 Å². The molecule has 7 heteroatoms. The Kier molecular flexibility index (Phi) is 5.30. The standard InChI is InChI=1S/C18H16ClN3O3/c1-24-15-9-5-3-7-13(15)17(23)20-11-10-16-21-22-18(25-16)12-6-2-4-8-14(12)19/h2-9H,10-11H2,1H3,(H,20,23). The highest BCUT2D eigenvalue weighted by atomic mass is 35.5. The Morgan fingerprint density at radius 1 is 1.16 bits per heavy atom. The first-order valence-electron chi connectivity index (χ1n) is 7.67. The Labute approximate surface area is 149 Å². The van der Waals surface area contributed by atoms with Crippen LogP contribution < -0.4 is 10.1 Å². The van der Waals surface area contributed by atoms with E-state index in [1.54, 1.807) is 24.3 Å². The van der Waals surface area contributed by atoms with Crippen LogP contribution >= 0.6 is 11.6 Å². The molecular formula is C18H16ClN3O3. The van der Waals surface area contributed by atoms with Crippen LogP contribution in [0.3, 0.4) is 0 Å². The number of rotatable bonds is 6. The zero-order chi connectivity index (χ0) is 17.6. The molecule has 0 saturated carbocycles. The topological polar surface area (TPSA) is 77.2 Å². The van der Waals surface area contributed by atoms with Crippen molar-refractivity contribution in [3.8, 4) is 17.2 Å². The summed E-state index contributed by atoms with van der Waals surface area (Å²) in [5.74, 6) is 1.09. The fourth-order valence-electron chi connectivity index (χ4n) is 2.31. The van der Waals surface area contributed by atoms with E-state index in [0.717, 1.165) is 0 Å². The highest BCUT2D eigenvalue weighted by Gasteiger charge is 2.13. The van der Waals surface area contributed by atoms with Crippen LogP contribution in [0.4, 0.5) is 0 Å². The van der Waals surface area contributed by atoms with E-state index in [1.807, 2.05) is 24.3 Å². The number of methoxy groups -OCH3 is 1. The van der Waals surface area contributed by atoms with E-state index < -0.39 is 0 Å². The van der Waals surface area contributed by atoms with Gasteiger partial charge in [0.05, 0.1) is 23.3 Å². The van der Waals surface area contributed by atoms with Gasteiger partial charge in [-0.1, -0.05) is 35.9 Å². The monoisotopic (exact) mass is 357 g/mol. The Bertz CT molecular complexity index is 879. The number of ether oxygens (including phenoxy) is 1. The number of hydrogen-bond acceptors (Lipinski definition) is 5. The maximum absolute atomic E-state index is 12.2. The van der Waals surface area contributed by atoms with Crippen molar-refractivity contribution in [2.24, 2.45) is 0 Å². The first kappa shape index (κ1) is 17.0. The molecule has 0 unspecified atom stereocenters. The molecule has 0 aliphatic heterocycles. The summed E-state index contributed by atoms with van der Waals surface area (Å²) in [6.45, 7) is 0.362. The second kappa shape index (κ2) is 7.81. The Morgan fingerprint density at radius 3 is 2.72 bits per heavy atom. The summed E-state index contributed by atoms with van der Waals surface area (Å²) in [4.78, 5) is 12.2. The Hall–Kier alpha value is -2.86. The number of nitrogens with zero attached hydrogens (tertiary/aromatic N) is 2. The van der Waals surface area contributed by atoms with Crippen LogP contribution in [0.15, 0.2) is 52.9 Å². The summed E-state index contributed by atoms with van der Waals surface area (Å²) in [5, 5.41) is 11.3. The van der Waals surface area contributed by atoms with Gasteiger partial charge in [0, 0.05) is 13.0 Å². The third kappa shape index (κ3) is 3.97. The van der Waals surface area contributed by atoms with E-state index in [0.29, 0.717) is 46.6 Å². The van der Waals surface area contributed by atoms with Gasteiger partial charge in [0.2, 0.25) is 11.8 Å². The molecule has 0 radical (unpaired) electrons. The van der Waals surface area contributed by atoms with Crippen LogP contribution in [0.5, 0.6) is 5.75 Å². The van der Waals surface area contributed by atoms with Gasteiger partial charge in [0.25, 0.3) is 5.91 Å². The van der Waals surface area contributed by atoms with Gasteiger partial charge < -0.3 is 14.5 Å². The molecule has 0 aliphatic rings. The molecule has 1 heterocycles. The highest BCUT2D eigenvalue weighted by Crippen LogP contribution is 2.26. The number of amides is 1. The van der Waals surface area contributed by atoms with Crippen molar-refractivity contribution in [2.45, 2.75) is 6.42 Å². The molecule has 2 aromatic carbocycles. The van der Waals surface area contributed by atoms with Gasteiger partial charge in [0.15, 0.2) is 0 Å². The summed E-state index contributed by atoms with van der Waals surface area (Å²) in [6.07, 6.45) is 0.415. The number of benzene rings is 2. The van der Waals surface area contributed by atoms with Gasteiger partial charge >= 0.3 is 0 Å². The van der Waals surface area contributed by atoms with Crippen molar-refractivity contribution >= 4 is 17.5 Å². The minimum absolute atomic E-state index is 0.219. The van der Waals surface area contributed by atoms with Gasteiger partial charge in [0.1, 0.15) is 5.75 Å². The molecule has 128 valence electrons. The number of aromatic nitrogens is 2. The van der Waals surface area contributed by atoms with Gasteiger partial charge in [-0.3, -0.25) is 4.79 Å². The summed E-state index contributed by atoms with van der Waals surface area (Å²) in [7, 11) is 1.53. The second-order valence-corrected chi connectivity index (χ2v) is 5.59. The van der Waals surface area contributed by atoms with Gasteiger partial charge in [-0.2, -0.15) is 0 Å². The highest BCUT2D eigenvalue weighted by molar-refractivity contribution is 6.33.